The maximum atomic E-state index is 9.87. The third kappa shape index (κ3) is 135. The van der Waals surface area contributed by atoms with Gasteiger partial charge in [-0.15, -0.1) is 0 Å². The molecule has 8 heteroatoms. The van der Waals surface area contributed by atoms with Gasteiger partial charge in [-0.1, -0.05) is 13.3 Å². The van der Waals surface area contributed by atoms with E-state index < -0.39 is 7.81 Å². The van der Waals surface area contributed by atoms with E-state index in [4.69, 9.17) is 0 Å². The first-order valence-corrected chi connectivity index (χ1v) is 5.74. The van der Waals surface area contributed by atoms with Crippen molar-refractivity contribution < 1.29 is 30.5 Å². The second-order valence-electron chi connectivity index (χ2n) is 2.51. The molecule has 0 bridgehead atoms. The van der Waals surface area contributed by atoms with Gasteiger partial charge in [-0.05, 0) is 6.42 Å². The summed E-state index contributed by atoms with van der Waals surface area (Å²) in [6.07, 6.45) is 2.68. The molecule has 0 aromatic heterocycles. The van der Waals surface area contributed by atoms with E-state index in [1.54, 1.807) is 0 Å². The molecule has 0 heterocycles. The molecule has 0 amide bonds. The first-order chi connectivity index (χ1) is 5.36. The first-order valence-electron chi connectivity index (χ1n) is 3.71. The molecule has 0 rings (SSSR count). The second kappa shape index (κ2) is 4.00. The number of hydrogen-bond donors (Lipinski definition) is 1. The summed E-state index contributed by atoms with van der Waals surface area (Å²) < 4.78 is 59.2. The molecule has 0 aromatic rings. The summed E-state index contributed by atoms with van der Waals surface area (Å²) in [5, 5.41) is 2.21. The number of hydrogen-bond acceptors (Lipinski definition) is 0. The average Bonchev–Trinajstić information content (AvgIpc) is 1.76. The average molecular weight is 233 g/mol. The monoisotopic (exact) mass is 233 g/mol. The van der Waals surface area contributed by atoms with Gasteiger partial charge in [-0.25, -0.2) is 0 Å². The summed E-state index contributed by atoms with van der Waals surface area (Å²) in [7, 11) is -8.55. The molecule has 0 aliphatic heterocycles. The second-order valence-corrected chi connectivity index (χ2v) is 4.43. The van der Waals surface area contributed by atoms with Crippen molar-refractivity contribution in [1.29, 1.82) is 0 Å². The van der Waals surface area contributed by atoms with Gasteiger partial charge in [0.1, 0.15) is 0 Å². The molecule has 2 N–H and O–H groups in total. The van der Waals surface area contributed by atoms with Crippen LogP contribution < -0.4 is 5.32 Å². The standard InChI is InChI=1S/C5H13N.F6P/c1-3-4-5-6-2;1-7(2,3,4,5)6/h6H,3-5H2,1-2H3;/q;-1/p+1. The Morgan fingerprint density at radius 1 is 1.00 bits per heavy atom. The van der Waals surface area contributed by atoms with Crippen molar-refractivity contribution in [3.63, 3.8) is 0 Å². The summed E-state index contributed by atoms with van der Waals surface area (Å²) in [5.74, 6) is 0. The number of halogens is 6. The summed E-state index contributed by atoms with van der Waals surface area (Å²) >= 11 is 0. The zero-order valence-corrected chi connectivity index (χ0v) is 8.31. The number of nitrogens with two attached hydrogens (primary N) is 1. The van der Waals surface area contributed by atoms with Gasteiger partial charge in [0.25, 0.3) is 0 Å². The molecule has 13 heavy (non-hydrogen) atoms. The van der Waals surface area contributed by atoms with Crippen LogP contribution in [-0.4, -0.2) is 13.6 Å². The predicted molar refractivity (Wildman–Crippen MR) is 41.2 cm³/mol. The molecule has 1 nitrogen and oxygen atoms in total. The van der Waals surface area contributed by atoms with E-state index in [0.29, 0.717) is 0 Å². The zero-order chi connectivity index (χ0) is 11.2. The Morgan fingerprint density at radius 2 is 1.31 bits per heavy atom. The molecule has 0 saturated heterocycles. The van der Waals surface area contributed by atoms with Crippen molar-refractivity contribution in [2.24, 2.45) is 0 Å². The molecule has 0 aliphatic carbocycles. The molecule has 0 saturated carbocycles. The van der Waals surface area contributed by atoms with Crippen LogP contribution in [0.3, 0.4) is 0 Å². The van der Waals surface area contributed by atoms with Gasteiger partial charge in [0.2, 0.25) is 0 Å². The fraction of sp³-hybridized carbons (Fsp3) is 1.00. The van der Waals surface area contributed by atoms with Gasteiger partial charge < -0.3 is 5.32 Å². The van der Waals surface area contributed by atoms with Crippen molar-refractivity contribution in [3.05, 3.63) is 0 Å². The van der Waals surface area contributed by atoms with Crippen LogP contribution in [0.5, 0.6) is 0 Å². The van der Waals surface area contributed by atoms with Crippen LogP contribution in [0.4, 0.5) is 25.2 Å². The van der Waals surface area contributed by atoms with Gasteiger partial charge in [0.15, 0.2) is 0 Å². The Kier molecular flexibility index (Phi) is 4.75. The normalized spacial score (nSPS) is 16.6. The Morgan fingerprint density at radius 3 is 1.38 bits per heavy atom. The molecule has 0 radical (unpaired) electrons. The van der Waals surface area contributed by atoms with E-state index >= 15 is 0 Å². The topological polar surface area (TPSA) is 16.6 Å². The summed E-state index contributed by atoms with van der Waals surface area (Å²) in [5.41, 5.74) is 0. The van der Waals surface area contributed by atoms with Crippen LogP contribution >= 0.6 is 7.81 Å². The van der Waals surface area contributed by atoms with E-state index in [0.717, 1.165) is 0 Å². The number of unbranched alkanes of at least 4 members (excludes halogenated alkanes) is 1. The Hall–Kier alpha value is -0.0300. The summed E-state index contributed by atoms with van der Waals surface area (Å²) in [4.78, 5) is 0. The van der Waals surface area contributed by atoms with Crippen molar-refractivity contribution in [1.82, 2.24) is 0 Å². The van der Waals surface area contributed by atoms with Gasteiger partial charge in [-0.2, -0.15) is 0 Å². The molecule has 0 aromatic carbocycles. The van der Waals surface area contributed by atoms with Crippen LogP contribution in [-0.2, 0) is 0 Å². The van der Waals surface area contributed by atoms with Gasteiger partial charge in [0, 0.05) is 0 Å². The Bertz CT molecular complexity index is 120. The van der Waals surface area contributed by atoms with Gasteiger partial charge >= 0.3 is 33.0 Å². The fourth-order valence-corrected chi connectivity index (χ4v) is 0.408. The van der Waals surface area contributed by atoms with E-state index in [9.17, 15) is 25.2 Å². The Labute approximate surface area is 72.7 Å². The van der Waals surface area contributed by atoms with E-state index in [1.807, 2.05) is 0 Å². The van der Waals surface area contributed by atoms with Gasteiger partial charge in [-0.3, -0.25) is 0 Å². The first kappa shape index (κ1) is 15.4. The summed E-state index contributed by atoms with van der Waals surface area (Å²) in [6, 6.07) is 0. The molecule has 0 spiro atoms. The Balaban J connectivity index is 0. The van der Waals surface area contributed by atoms with Crippen molar-refractivity contribution in [3.8, 4) is 0 Å². The molecule has 86 valence electrons. The molecular formula is C5H14F6NP. The van der Waals surface area contributed by atoms with Gasteiger partial charge in [0.05, 0.1) is 13.6 Å². The van der Waals surface area contributed by atoms with Crippen molar-refractivity contribution in [2.75, 3.05) is 13.6 Å². The molecular weight excluding hydrogens is 219 g/mol. The van der Waals surface area contributed by atoms with E-state index in [1.165, 1.54) is 19.4 Å². The van der Waals surface area contributed by atoms with E-state index in [-0.39, 0.29) is 0 Å². The van der Waals surface area contributed by atoms with Crippen molar-refractivity contribution in [2.45, 2.75) is 19.8 Å². The van der Waals surface area contributed by atoms with E-state index in [2.05, 4.69) is 19.3 Å². The third-order valence-electron chi connectivity index (χ3n) is 0.846. The minimum absolute atomic E-state index is 1.29. The number of quaternary nitrogens is 1. The van der Waals surface area contributed by atoms with Crippen molar-refractivity contribution >= 4 is 7.81 Å². The van der Waals surface area contributed by atoms with Crippen LogP contribution in [0.1, 0.15) is 19.8 Å². The quantitative estimate of drug-likeness (QED) is 0.437. The molecule has 0 atom stereocenters. The minimum atomic E-state index is -10.7. The van der Waals surface area contributed by atoms with Crippen LogP contribution in [0, 0.1) is 0 Å². The third-order valence-corrected chi connectivity index (χ3v) is 0.846. The van der Waals surface area contributed by atoms with Crippen LogP contribution in [0.25, 0.3) is 0 Å². The predicted octanol–water partition coefficient (Wildman–Crippen LogP) is 3.36. The SMILES string of the molecule is CCCC[NH2+]C.F[P-](F)(F)(F)(F)F. The fourth-order valence-electron chi connectivity index (χ4n) is 0.408. The van der Waals surface area contributed by atoms with Crippen LogP contribution in [0.15, 0.2) is 0 Å². The molecule has 0 unspecified atom stereocenters. The summed E-state index contributed by atoms with van der Waals surface area (Å²) in [6.45, 7) is 3.50. The maximum absolute atomic E-state index is 10.7. The molecule has 0 aliphatic rings. The molecule has 0 fully saturated rings. The van der Waals surface area contributed by atoms with Crippen LogP contribution in [0.2, 0.25) is 0 Å². The zero-order valence-electron chi connectivity index (χ0n) is 7.41. The number of rotatable bonds is 3.